The van der Waals surface area contributed by atoms with Gasteiger partial charge in [0.1, 0.15) is 0 Å². The van der Waals surface area contributed by atoms with E-state index in [9.17, 15) is 0 Å². The van der Waals surface area contributed by atoms with Crippen LogP contribution in [0.1, 0.15) is 81.1 Å². The van der Waals surface area contributed by atoms with Crippen LogP contribution in [0.3, 0.4) is 0 Å². The number of hydrogen-bond donors (Lipinski definition) is 0. The molecule has 0 aromatic carbocycles. The summed E-state index contributed by atoms with van der Waals surface area (Å²) in [5, 5.41) is 0. The molecule has 0 bridgehead atoms. The van der Waals surface area contributed by atoms with Crippen LogP contribution in [0.5, 0.6) is 0 Å². The molecule has 0 amide bonds. The van der Waals surface area contributed by atoms with Gasteiger partial charge in [0.05, 0.1) is 0 Å². The summed E-state index contributed by atoms with van der Waals surface area (Å²) in [5.41, 5.74) is 0. The monoisotopic (exact) mass is 332 g/mol. The van der Waals surface area contributed by atoms with Crippen molar-refractivity contribution in [3.05, 3.63) is 24.3 Å². The molecule has 0 heterocycles. The number of rotatable bonds is 4. The molecule has 2 rings (SSSR count). The molecule has 0 nitrogen and oxygen atoms in total. The van der Waals surface area contributed by atoms with Crippen LogP contribution in [0.4, 0.5) is 0 Å². The van der Waals surface area contributed by atoms with Crippen LogP contribution in [0.2, 0.25) is 0 Å². The Morgan fingerprint density at radius 1 is 0.583 bits per heavy atom. The van der Waals surface area contributed by atoms with Gasteiger partial charge >= 0.3 is 0 Å². The Kier molecular flexibility index (Phi) is 9.39. The molecule has 0 heteroatoms. The van der Waals surface area contributed by atoms with Crippen molar-refractivity contribution in [3.63, 3.8) is 0 Å². The highest BCUT2D eigenvalue weighted by atomic mass is 14.3. The standard InChI is InChI=1S/2C12H22/c1-9(2)11-5-7-12(8-6-11)10(3)4;1-9(2)11-7-5-6-8-12(11)10(3)4/h2*5,7,9-12H,6,8H2,1-4H3. The van der Waals surface area contributed by atoms with E-state index in [1.807, 2.05) is 0 Å². The van der Waals surface area contributed by atoms with Crippen LogP contribution in [0.25, 0.3) is 0 Å². The first-order valence-electron chi connectivity index (χ1n) is 10.6. The van der Waals surface area contributed by atoms with Gasteiger partial charge < -0.3 is 0 Å². The maximum atomic E-state index is 2.44. The summed E-state index contributed by atoms with van der Waals surface area (Å²) in [5.74, 6) is 6.77. The van der Waals surface area contributed by atoms with Crippen molar-refractivity contribution in [2.45, 2.75) is 81.1 Å². The van der Waals surface area contributed by atoms with Gasteiger partial charge in [-0.2, -0.15) is 0 Å². The average molecular weight is 333 g/mol. The first-order valence-corrected chi connectivity index (χ1v) is 10.6. The summed E-state index contributed by atoms with van der Waals surface area (Å²) >= 11 is 0. The Morgan fingerprint density at radius 2 is 1.08 bits per heavy atom. The summed E-state index contributed by atoms with van der Waals surface area (Å²) in [4.78, 5) is 0. The molecule has 0 fully saturated rings. The molecule has 140 valence electrons. The first-order chi connectivity index (χ1) is 11.2. The summed E-state index contributed by atoms with van der Waals surface area (Å²) in [7, 11) is 0. The molecule has 0 spiro atoms. The lowest BCUT2D eigenvalue weighted by Crippen LogP contribution is -2.25. The Hall–Kier alpha value is -0.520. The Morgan fingerprint density at radius 3 is 1.38 bits per heavy atom. The SMILES string of the molecule is CC(C)C1C=CC(C(C)C)CC1.CC(C)C1C=CCCC1C(C)C. The highest BCUT2D eigenvalue weighted by Crippen LogP contribution is 2.35. The molecule has 2 aliphatic rings. The molecule has 0 aromatic rings. The summed E-state index contributed by atoms with van der Waals surface area (Å²) < 4.78 is 0. The smallest absolute Gasteiger partial charge is 0.0179 e. The maximum absolute atomic E-state index is 2.44. The normalized spacial score (nSPS) is 30.2. The van der Waals surface area contributed by atoms with Gasteiger partial charge in [-0.3, -0.25) is 0 Å². The minimum absolute atomic E-state index is 0.814. The minimum atomic E-state index is 0.814. The summed E-state index contributed by atoms with van der Waals surface area (Å²) in [6.45, 7) is 18.7. The van der Waals surface area contributed by atoms with Crippen molar-refractivity contribution in [2.75, 3.05) is 0 Å². The lowest BCUT2D eigenvalue weighted by atomic mass is 9.72. The fourth-order valence-electron chi connectivity index (χ4n) is 4.35. The molecule has 4 unspecified atom stereocenters. The van der Waals surface area contributed by atoms with E-state index in [1.165, 1.54) is 25.7 Å². The van der Waals surface area contributed by atoms with E-state index in [0.29, 0.717) is 0 Å². The van der Waals surface area contributed by atoms with Gasteiger partial charge in [0.2, 0.25) is 0 Å². The van der Waals surface area contributed by atoms with Crippen molar-refractivity contribution in [1.29, 1.82) is 0 Å². The average Bonchev–Trinajstić information content (AvgIpc) is 2.55. The molecular formula is C24H44. The Bertz CT molecular complexity index is 365. The molecule has 0 N–H and O–H groups in total. The Balaban J connectivity index is 0.000000240. The molecule has 0 radical (unpaired) electrons. The maximum Gasteiger partial charge on any atom is -0.0179 e. The van der Waals surface area contributed by atoms with Crippen molar-refractivity contribution in [1.82, 2.24) is 0 Å². The lowest BCUT2D eigenvalue weighted by Gasteiger charge is -2.33. The Labute approximate surface area is 153 Å². The molecular weight excluding hydrogens is 288 g/mol. The van der Waals surface area contributed by atoms with E-state index in [1.54, 1.807) is 0 Å². The molecule has 0 saturated carbocycles. The van der Waals surface area contributed by atoms with Gasteiger partial charge in [-0.25, -0.2) is 0 Å². The van der Waals surface area contributed by atoms with Gasteiger partial charge in [-0.15, -0.1) is 0 Å². The largest absolute Gasteiger partial charge is 0.0882 e. The second-order valence-corrected chi connectivity index (χ2v) is 9.51. The third-order valence-electron chi connectivity index (χ3n) is 6.30. The van der Waals surface area contributed by atoms with E-state index < -0.39 is 0 Å². The van der Waals surface area contributed by atoms with Crippen LogP contribution >= 0.6 is 0 Å². The predicted molar refractivity (Wildman–Crippen MR) is 110 cm³/mol. The van der Waals surface area contributed by atoms with E-state index in [4.69, 9.17) is 0 Å². The summed E-state index contributed by atoms with van der Waals surface area (Å²) in [6, 6.07) is 0. The third-order valence-corrected chi connectivity index (χ3v) is 6.30. The molecule has 0 aliphatic heterocycles. The van der Waals surface area contributed by atoms with E-state index in [0.717, 1.165) is 47.3 Å². The molecule has 0 saturated heterocycles. The highest BCUT2D eigenvalue weighted by molar-refractivity contribution is 5.00. The molecule has 4 atom stereocenters. The van der Waals surface area contributed by atoms with Crippen molar-refractivity contribution >= 4 is 0 Å². The minimum Gasteiger partial charge on any atom is -0.0882 e. The van der Waals surface area contributed by atoms with Gasteiger partial charge in [0.25, 0.3) is 0 Å². The van der Waals surface area contributed by atoms with Crippen molar-refractivity contribution in [2.24, 2.45) is 47.3 Å². The second kappa shape index (κ2) is 10.5. The predicted octanol–water partition coefficient (Wildman–Crippen LogP) is 7.76. The fourth-order valence-corrected chi connectivity index (χ4v) is 4.35. The van der Waals surface area contributed by atoms with Crippen molar-refractivity contribution < 1.29 is 0 Å². The molecule has 2 aliphatic carbocycles. The first kappa shape index (κ1) is 21.5. The second-order valence-electron chi connectivity index (χ2n) is 9.51. The zero-order chi connectivity index (χ0) is 18.3. The molecule has 0 aromatic heterocycles. The van der Waals surface area contributed by atoms with E-state index in [-0.39, 0.29) is 0 Å². The van der Waals surface area contributed by atoms with Gasteiger partial charge in [-0.1, -0.05) is 79.7 Å². The zero-order valence-electron chi connectivity index (χ0n) is 17.8. The highest BCUT2D eigenvalue weighted by Gasteiger charge is 2.26. The molecule has 24 heavy (non-hydrogen) atoms. The van der Waals surface area contributed by atoms with Gasteiger partial charge in [-0.05, 0) is 73.0 Å². The van der Waals surface area contributed by atoms with Crippen LogP contribution in [0.15, 0.2) is 24.3 Å². The number of hydrogen-bond acceptors (Lipinski definition) is 0. The zero-order valence-corrected chi connectivity index (χ0v) is 17.8. The van der Waals surface area contributed by atoms with Gasteiger partial charge in [0, 0.05) is 0 Å². The number of allylic oxidation sites excluding steroid dienone is 4. The van der Waals surface area contributed by atoms with Crippen molar-refractivity contribution in [3.8, 4) is 0 Å². The lowest BCUT2D eigenvalue weighted by molar-refractivity contribution is 0.219. The van der Waals surface area contributed by atoms with Crippen LogP contribution < -0.4 is 0 Å². The summed E-state index contributed by atoms with van der Waals surface area (Å²) in [6.07, 6.45) is 15.2. The topological polar surface area (TPSA) is 0 Å². The van der Waals surface area contributed by atoms with Crippen LogP contribution in [-0.4, -0.2) is 0 Å². The van der Waals surface area contributed by atoms with E-state index in [2.05, 4.69) is 79.7 Å². The van der Waals surface area contributed by atoms with Gasteiger partial charge in [0.15, 0.2) is 0 Å². The quantitative estimate of drug-likeness (QED) is 0.461. The third kappa shape index (κ3) is 6.77. The van der Waals surface area contributed by atoms with E-state index >= 15 is 0 Å². The van der Waals surface area contributed by atoms with Crippen LogP contribution in [-0.2, 0) is 0 Å². The fraction of sp³-hybridized carbons (Fsp3) is 0.833. The van der Waals surface area contributed by atoms with Crippen LogP contribution in [0, 0.1) is 47.3 Å².